The first kappa shape index (κ1) is 12.9. The molecule has 0 aromatic carbocycles. The Hall–Kier alpha value is -0.120. The summed E-state index contributed by atoms with van der Waals surface area (Å²) < 4.78 is 0. The van der Waals surface area contributed by atoms with Gasteiger partial charge in [-0.3, -0.25) is 0 Å². The van der Waals surface area contributed by atoms with Crippen LogP contribution in [0.25, 0.3) is 0 Å². The molecule has 80 valence electrons. The summed E-state index contributed by atoms with van der Waals surface area (Å²) in [6.45, 7) is 8.27. The van der Waals surface area contributed by atoms with E-state index in [4.69, 9.17) is 10.8 Å². The van der Waals surface area contributed by atoms with E-state index in [1.165, 1.54) is 0 Å². The van der Waals surface area contributed by atoms with Crippen molar-refractivity contribution in [2.24, 2.45) is 17.6 Å². The molecule has 0 amide bonds. The summed E-state index contributed by atoms with van der Waals surface area (Å²) in [5, 5.41) is 12.3. The third kappa shape index (κ3) is 5.24. The Morgan fingerprint density at radius 3 is 2.31 bits per heavy atom. The first-order valence-corrected chi connectivity index (χ1v) is 5.19. The van der Waals surface area contributed by atoms with Gasteiger partial charge in [0.25, 0.3) is 0 Å². The van der Waals surface area contributed by atoms with Crippen LogP contribution in [0.4, 0.5) is 0 Å². The van der Waals surface area contributed by atoms with Gasteiger partial charge in [-0.1, -0.05) is 20.8 Å². The second-order valence-corrected chi connectivity index (χ2v) is 3.94. The average molecular weight is 188 g/mol. The van der Waals surface area contributed by atoms with Gasteiger partial charge >= 0.3 is 0 Å². The van der Waals surface area contributed by atoms with Crippen molar-refractivity contribution in [3.05, 3.63) is 0 Å². The zero-order valence-electron chi connectivity index (χ0n) is 9.09. The number of nitrogens with one attached hydrogen (secondary N) is 1. The number of hydrogen-bond acceptors (Lipinski definition) is 3. The van der Waals surface area contributed by atoms with Crippen LogP contribution in [0.15, 0.2) is 0 Å². The number of aliphatic hydroxyl groups excluding tert-OH is 1. The first-order chi connectivity index (χ1) is 6.15. The maximum atomic E-state index is 8.96. The number of nitrogens with two attached hydrogens (primary N) is 1. The fourth-order valence-corrected chi connectivity index (χ4v) is 1.25. The van der Waals surface area contributed by atoms with E-state index in [2.05, 4.69) is 26.1 Å². The fourth-order valence-electron chi connectivity index (χ4n) is 1.25. The lowest BCUT2D eigenvalue weighted by Gasteiger charge is -2.22. The van der Waals surface area contributed by atoms with Crippen LogP contribution in [0.3, 0.4) is 0 Å². The molecular formula is C10H24N2O. The van der Waals surface area contributed by atoms with Crippen molar-refractivity contribution >= 4 is 0 Å². The molecule has 0 radical (unpaired) electrons. The maximum absolute atomic E-state index is 8.96. The van der Waals surface area contributed by atoms with Crippen molar-refractivity contribution in [3.8, 4) is 0 Å². The molecule has 0 fully saturated rings. The predicted molar refractivity (Wildman–Crippen MR) is 56.5 cm³/mol. The number of aliphatic hydroxyl groups is 1. The van der Waals surface area contributed by atoms with E-state index in [1.54, 1.807) is 0 Å². The highest BCUT2D eigenvalue weighted by Gasteiger charge is 2.12. The Kier molecular flexibility index (Phi) is 7.23. The zero-order chi connectivity index (χ0) is 10.3. The molecule has 0 aromatic heterocycles. The summed E-state index contributed by atoms with van der Waals surface area (Å²) in [7, 11) is 0. The lowest BCUT2D eigenvalue weighted by atomic mass is 9.96. The molecule has 0 aliphatic heterocycles. The smallest absolute Gasteiger partial charge is 0.0584 e. The van der Waals surface area contributed by atoms with Crippen molar-refractivity contribution in [1.82, 2.24) is 5.32 Å². The molecule has 2 unspecified atom stereocenters. The largest absolute Gasteiger partial charge is 0.395 e. The topological polar surface area (TPSA) is 58.3 Å². The first-order valence-electron chi connectivity index (χ1n) is 5.19. The van der Waals surface area contributed by atoms with Gasteiger partial charge in [0.15, 0.2) is 0 Å². The summed E-state index contributed by atoms with van der Waals surface area (Å²) in [6, 6.07) is 0.229. The van der Waals surface area contributed by atoms with Crippen molar-refractivity contribution < 1.29 is 5.11 Å². The van der Waals surface area contributed by atoms with Crippen LogP contribution < -0.4 is 11.1 Å². The Morgan fingerprint density at radius 1 is 1.38 bits per heavy atom. The molecule has 3 nitrogen and oxygen atoms in total. The lowest BCUT2D eigenvalue weighted by Crippen LogP contribution is -2.39. The van der Waals surface area contributed by atoms with Gasteiger partial charge in [-0.05, 0) is 31.3 Å². The van der Waals surface area contributed by atoms with Gasteiger partial charge in [-0.2, -0.15) is 0 Å². The van der Waals surface area contributed by atoms with E-state index in [-0.39, 0.29) is 12.6 Å². The molecule has 0 aromatic rings. The Balaban J connectivity index is 3.69. The molecule has 4 N–H and O–H groups in total. The van der Waals surface area contributed by atoms with Gasteiger partial charge in [0, 0.05) is 6.04 Å². The van der Waals surface area contributed by atoms with Crippen LogP contribution in [0.5, 0.6) is 0 Å². The van der Waals surface area contributed by atoms with Crippen LogP contribution in [-0.2, 0) is 0 Å². The van der Waals surface area contributed by atoms with Gasteiger partial charge in [0.1, 0.15) is 0 Å². The summed E-state index contributed by atoms with van der Waals surface area (Å²) >= 11 is 0. The monoisotopic (exact) mass is 188 g/mol. The maximum Gasteiger partial charge on any atom is 0.0584 e. The summed E-state index contributed by atoms with van der Waals surface area (Å²) in [5.74, 6) is 1.12. The van der Waals surface area contributed by atoms with E-state index >= 15 is 0 Å². The molecule has 0 aliphatic rings. The molecule has 0 spiro atoms. The minimum atomic E-state index is 0.214. The van der Waals surface area contributed by atoms with Crippen molar-refractivity contribution in [2.45, 2.75) is 33.2 Å². The van der Waals surface area contributed by atoms with Crippen LogP contribution in [0.1, 0.15) is 27.2 Å². The van der Waals surface area contributed by atoms with E-state index in [9.17, 15) is 0 Å². The molecule has 0 saturated heterocycles. The van der Waals surface area contributed by atoms with Gasteiger partial charge in [-0.25, -0.2) is 0 Å². The van der Waals surface area contributed by atoms with E-state index in [1.807, 2.05) is 0 Å². The molecule has 0 heterocycles. The fraction of sp³-hybridized carbons (Fsp3) is 1.00. The van der Waals surface area contributed by atoms with Gasteiger partial charge in [-0.15, -0.1) is 0 Å². The minimum Gasteiger partial charge on any atom is -0.395 e. The van der Waals surface area contributed by atoms with Gasteiger partial charge < -0.3 is 16.2 Å². The molecular weight excluding hydrogens is 164 g/mol. The van der Waals surface area contributed by atoms with Crippen molar-refractivity contribution in [1.29, 1.82) is 0 Å². The Labute approximate surface area is 81.7 Å². The van der Waals surface area contributed by atoms with E-state index in [0.717, 1.165) is 13.0 Å². The quantitative estimate of drug-likeness (QED) is 0.548. The van der Waals surface area contributed by atoms with Crippen LogP contribution >= 0.6 is 0 Å². The normalized spacial score (nSPS) is 16.2. The summed E-state index contributed by atoms with van der Waals surface area (Å²) in [5.41, 5.74) is 5.64. The molecule has 3 heteroatoms. The highest BCUT2D eigenvalue weighted by molar-refractivity contribution is 4.70. The molecule has 2 atom stereocenters. The molecule has 13 heavy (non-hydrogen) atoms. The van der Waals surface area contributed by atoms with Crippen LogP contribution in [0, 0.1) is 11.8 Å². The molecule has 0 saturated carbocycles. The molecule has 0 rings (SSSR count). The summed E-state index contributed by atoms with van der Waals surface area (Å²) in [6.07, 6.45) is 0.964. The average Bonchev–Trinajstić information content (AvgIpc) is 2.12. The predicted octanol–water partition coefficient (Wildman–Crippen LogP) is 0.578. The van der Waals surface area contributed by atoms with E-state index in [0.29, 0.717) is 18.4 Å². The Bertz CT molecular complexity index is 113. The van der Waals surface area contributed by atoms with E-state index < -0.39 is 0 Å². The molecule has 0 bridgehead atoms. The number of rotatable bonds is 7. The second-order valence-electron chi connectivity index (χ2n) is 3.94. The van der Waals surface area contributed by atoms with Crippen LogP contribution in [0.2, 0.25) is 0 Å². The van der Waals surface area contributed by atoms with Crippen molar-refractivity contribution in [3.63, 3.8) is 0 Å². The lowest BCUT2D eigenvalue weighted by molar-refractivity contribution is 0.227. The van der Waals surface area contributed by atoms with Gasteiger partial charge in [0.2, 0.25) is 0 Å². The third-order valence-electron chi connectivity index (χ3n) is 2.63. The minimum absolute atomic E-state index is 0.214. The van der Waals surface area contributed by atoms with Gasteiger partial charge in [0.05, 0.1) is 6.61 Å². The third-order valence-corrected chi connectivity index (χ3v) is 2.63. The standard InChI is InChI=1S/C10H24N2O/c1-4-10(7-13)12-6-9(5-11)8(2)3/h8-10,12-13H,4-7,11H2,1-3H3. The Morgan fingerprint density at radius 2 is 2.00 bits per heavy atom. The summed E-state index contributed by atoms with van der Waals surface area (Å²) in [4.78, 5) is 0. The second kappa shape index (κ2) is 7.30. The molecule has 0 aliphatic carbocycles. The SMILES string of the molecule is CCC(CO)NCC(CN)C(C)C. The zero-order valence-corrected chi connectivity index (χ0v) is 9.09. The van der Waals surface area contributed by atoms with Crippen molar-refractivity contribution in [2.75, 3.05) is 19.7 Å². The van der Waals surface area contributed by atoms with Crippen LogP contribution in [-0.4, -0.2) is 30.8 Å². The highest BCUT2D eigenvalue weighted by atomic mass is 16.3. The number of hydrogen-bond donors (Lipinski definition) is 3. The highest BCUT2D eigenvalue weighted by Crippen LogP contribution is 2.07.